The Morgan fingerprint density at radius 1 is 1.70 bits per heavy atom. The van der Waals surface area contributed by atoms with Crippen molar-refractivity contribution in [3.8, 4) is 0 Å². The first-order valence-corrected chi connectivity index (χ1v) is 3.42. The molecule has 10 heavy (non-hydrogen) atoms. The van der Waals surface area contributed by atoms with Crippen molar-refractivity contribution in [1.82, 2.24) is 4.98 Å². The summed E-state index contributed by atoms with van der Waals surface area (Å²) < 4.78 is 0.674. The van der Waals surface area contributed by atoms with E-state index < -0.39 is 0 Å². The van der Waals surface area contributed by atoms with Crippen LogP contribution in [-0.4, -0.2) is 16.4 Å². The summed E-state index contributed by atoms with van der Waals surface area (Å²) in [5, 5.41) is 11.0. The van der Waals surface area contributed by atoms with Crippen molar-refractivity contribution in [2.75, 3.05) is 0 Å². The maximum Gasteiger partial charge on any atom is 0.114 e. The van der Waals surface area contributed by atoms with E-state index in [2.05, 4.69) is 26.1 Å². The monoisotopic (exact) mass is 200 g/mol. The molecule has 0 aromatic carbocycles. The molecule has 0 unspecified atom stereocenters. The highest BCUT2D eigenvalue weighted by Gasteiger charge is 1.93. The quantitative estimate of drug-likeness (QED) is 0.325. The first-order chi connectivity index (χ1) is 4.84. The highest BCUT2D eigenvalue weighted by atomic mass is 79.9. The van der Waals surface area contributed by atoms with Crippen LogP contribution in [0.25, 0.3) is 0 Å². The summed E-state index contributed by atoms with van der Waals surface area (Å²) in [6, 6.07) is 3.55. The topological polar surface area (TPSA) is 45.5 Å². The molecule has 0 saturated heterocycles. The van der Waals surface area contributed by atoms with Crippen molar-refractivity contribution in [2.45, 2.75) is 0 Å². The van der Waals surface area contributed by atoms with Crippen molar-refractivity contribution in [3.63, 3.8) is 0 Å². The summed E-state index contributed by atoms with van der Waals surface area (Å²) in [6.45, 7) is 0. The summed E-state index contributed by atoms with van der Waals surface area (Å²) in [6.07, 6.45) is 2.97. The van der Waals surface area contributed by atoms with Crippen LogP contribution in [-0.2, 0) is 0 Å². The highest BCUT2D eigenvalue weighted by molar-refractivity contribution is 9.10. The summed E-state index contributed by atoms with van der Waals surface area (Å²) in [4.78, 5) is 3.91. The van der Waals surface area contributed by atoms with Gasteiger partial charge in [-0.2, -0.15) is 0 Å². The average molecular weight is 201 g/mol. The molecule has 0 aliphatic carbocycles. The molecule has 1 N–H and O–H groups in total. The van der Waals surface area contributed by atoms with Crippen LogP contribution < -0.4 is 0 Å². The fourth-order valence-electron chi connectivity index (χ4n) is 0.557. The second-order valence-electron chi connectivity index (χ2n) is 1.63. The van der Waals surface area contributed by atoms with E-state index in [-0.39, 0.29) is 0 Å². The molecule has 0 fully saturated rings. The molecule has 0 saturated carbocycles. The number of nitrogens with zero attached hydrogens (tertiary/aromatic N) is 2. The van der Waals surface area contributed by atoms with E-state index in [1.54, 1.807) is 18.3 Å². The molecule has 1 aromatic heterocycles. The molecule has 0 radical (unpaired) electrons. The Kier molecular flexibility index (Phi) is 2.39. The third-order valence-electron chi connectivity index (χ3n) is 0.985. The van der Waals surface area contributed by atoms with Gasteiger partial charge in [-0.25, -0.2) is 4.98 Å². The molecule has 0 aliphatic rings. The van der Waals surface area contributed by atoms with Crippen LogP contribution in [0, 0.1) is 0 Å². The van der Waals surface area contributed by atoms with Gasteiger partial charge in [-0.15, -0.1) is 0 Å². The van der Waals surface area contributed by atoms with E-state index in [0.717, 1.165) is 5.56 Å². The maximum absolute atomic E-state index is 8.16. The molecule has 0 atom stereocenters. The van der Waals surface area contributed by atoms with Gasteiger partial charge >= 0.3 is 0 Å². The van der Waals surface area contributed by atoms with Gasteiger partial charge in [0.05, 0.1) is 6.21 Å². The minimum atomic E-state index is 0.674. The Morgan fingerprint density at radius 3 is 3.10 bits per heavy atom. The van der Waals surface area contributed by atoms with Crippen molar-refractivity contribution >= 4 is 22.1 Å². The lowest BCUT2D eigenvalue weighted by atomic mass is 10.3. The van der Waals surface area contributed by atoms with E-state index in [4.69, 9.17) is 5.21 Å². The van der Waals surface area contributed by atoms with Gasteiger partial charge in [-0.1, -0.05) is 5.16 Å². The predicted molar refractivity (Wildman–Crippen MR) is 41.3 cm³/mol. The van der Waals surface area contributed by atoms with Gasteiger partial charge < -0.3 is 5.21 Å². The van der Waals surface area contributed by atoms with E-state index in [9.17, 15) is 0 Å². The Labute approximate surface area is 66.5 Å². The van der Waals surface area contributed by atoms with Crippen molar-refractivity contribution in [3.05, 3.63) is 28.5 Å². The summed E-state index contributed by atoms with van der Waals surface area (Å²) in [5.41, 5.74) is 0.755. The zero-order valence-electron chi connectivity index (χ0n) is 5.03. The summed E-state index contributed by atoms with van der Waals surface area (Å²) in [7, 11) is 0. The van der Waals surface area contributed by atoms with E-state index in [0.29, 0.717) is 4.60 Å². The smallest absolute Gasteiger partial charge is 0.114 e. The van der Waals surface area contributed by atoms with Gasteiger partial charge in [0.2, 0.25) is 0 Å². The fraction of sp³-hybridized carbons (Fsp3) is 0. The van der Waals surface area contributed by atoms with Crippen LogP contribution >= 0.6 is 15.9 Å². The standard InChI is InChI=1S/C6H5BrN2O/c7-6-5(4-9-10)2-1-3-8-6/h1-4,10H. The summed E-state index contributed by atoms with van der Waals surface area (Å²) in [5.74, 6) is 0. The fourth-order valence-corrected chi connectivity index (χ4v) is 0.910. The summed E-state index contributed by atoms with van der Waals surface area (Å²) >= 11 is 3.18. The van der Waals surface area contributed by atoms with Crippen molar-refractivity contribution < 1.29 is 5.21 Å². The highest BCUT2D eigenvalue weighted by Crippen LogP contribution is 2.09. The number of aromatic nitrogens is 1. The maximum atomic E-state index is 8.16. The van der Waals surface area contributed by atoms with Crippen LogP contribution in [0.2, 0.25) is 0 Å². The predicted octanol–water partition coefficient (Wildman–Crippen LogP) is 1.65. The molecule has 1 rings (SSSR count). The zero-order valence-corrected chi connectivity index (χ0v) is 6.62. The van der Waals surface area contributed by atoms with Crippen LogP contribution in [0.15, 0.2) is 28.1 Å². The van der Waals surface area contributed by atoms with E-state index in [1.807, 2.05) is 0 Å². The van der Waals surface area contributed by atoms with Crippen LogP contribution in [0.3, 0.4) is 0 Å². The third kappa shape index (κ3) is 1.54. The van der Waals surface area contributed by atoms with Crippen LogP contribution in [0.4, 0.5) is 0 Å². The largest absolute Gasteiger partial charge is 0.411 e. The average Bonchev–Trinajstić information content (AvgIpc) is 1.94. The lowest BCUT2D eigenvalue weighted by Gasteiger charge is -1.91. The number of halogens is 1. The third-order valence-corrected chi connectivity index (χ3v) is 1.65. The van der Waals surface area contributed by atoms with Crippen molar-refractivity contribution in [1.29, 1.82) is 0 Å². The minimum absolute atomic E-state index is 0.674. The molecular formula is C6H5BrN2O. The lowest BCUT2D eigenvalue weighted by molar-refractivity contribution is 0.322. The Bertz CT molecular complexity index is 249. The number of hydrogen-bond acceptors (Lipinski definition) is 3. The second kappa shape index (κ2) is 3.31. The lowest BCUT2D eigenvalue weighted by Crippen LogP contribution is -1.84. The first-order valence-electron chi connectivity index (χ1n) is 2.62. The molecule has 3 nitrogen and oxygen atoms in total. The van der Waals surface area contributed by atoms with Gasteiger partial charge in [0.25, 0.3) is 0 Å². The van der Waals surface area contributed by atoms with Gasteiger partial charge in [-0.3, -0.25) is 0 Å². The number of rotatable bonds is 1. The minimum Gasteiger partial charge on any atom is -0.411 e. The molecule has 1 heterocycles. The molecule has 0 spiro atoms. The van der Waals surface area contributed by atoms with Gasteiger partial charge in [-0.05, 0) is 28.1 Å². The normalized spacial score (nSPS) is 10.5. The Morgan fingerprint density at radius 2 is 2.50 bits per heavy atom. The molecule has 52 valence electrons. The Hall–Kier alpha value is -0.900. The SMILES string of the molecule is ON=Cc1cccnc1Br. The van der Waals surface area contributed by atoms with E-state index >= 15 is 0 Å². The van der Waals surface area contributed by atoms with Crippen LogP contribution in [0.1, 0.15) is 5.56 Å². The second-order valence-corrected chi connectivity index (χ2v) is 2.38. The number of oxime groups is 1. The zero-order chi connectivity index (χ0) is 7.40. The van der Waals surface area contributed by atoms with Crippen molar-refractivity contribution in [2.24, 2.45) is 5.16 Å². The van der Waals surface area contributed by atoms with Gasteiger partial charge in [0, 0.05) is 11.8 Å². The van der Waals surface area contributed by atoms with Gasteiger partial charge in [0.15, 0.2) is 0 Å². The first kappa shape index (κ1) is 7.21. The van der Waals surface area contributed by atoms with Crippen LogP contribution in [0.5, 0.6) is 0 Å². The molecule has 0 aliphatic heterocycles. The number of hydrogen-bond donors (Lipinski definition) is 1. The molecule has 0 amide bonds. The Balaban J connectivity index is 3.03. The van der Waals surface area contributed by atoms with Gasteiger partial charge in [0.1, 0.15) is 4.60 Å². The van der Waals surface area contributed by atoms with E-state index in [1.165, 1.54) is 6.21 Å². The molecular weight excluding hydrogens is 196 g/mol. The number of pyridine rings is 1. The molecule has 4 heteroatoms. The molecule has 0 bridgehead atoms. The molecule has 1 aromatic rings.